The average Bonchev–Trinajstić information content (AvgIpc) is 3.25. The maximum Gasteiger partial charge on any atom is 0.261 e. The number of hydrogen-bond acceptors (Lipinski definition) is 6. The van der Waals surface area contributed by atoms with E-state index >= 15 is 0 Å². The molecule has 0 saturated heterocycles. The molecule has 1 heterocycles. The number of carbonyl (C=O) groups is 1. The molecule has 3 aromatic carbocycles. The predicted octanol–water partition coefficient (Wildman–Crippen LogP) is 4.57. The highest BCUT2D eigenvalue weighted by atomic mass is 32.2. The molecule has 156 valence electrons. The van der Waals surface area contributed by atoms with Gasteiger partial charge < -0.3 is 0 Å². The summed E-state index contributed by atoms with van der Waals surface area (Å²) in [6.45, 7) is 1.73. The number of hydrogen-bond donors (Lipinski definition) is 2. The monoisotopic (exact) mass is 450 g/mol. The quantitative estimate of drug-likeness (QED) is 0.448. The van der Waals surface area contributed by atoms with Crippen LogP contribution in [0.4, 0.5) is 10.8 Å². The van der Waals surface area contributed by atoms with Crippen LogP contribution in [-0.2, 0) is 10.0 Å². The zero-order valence-electron chi connectivity index (χ0n) is 16.4. The lowest BCUT2D eigenvalue weighted by atomic mass is 10.1. The Bertz CT molecular complexity index is 1320. The van der Waals surface area contributed by atoms with Crippen LogP contribution >= 0.6 is 11.3 Å². The Morgan fingerprint density at radius 1 is 0.903 bits per heavy atom. The first-order valence-electron chi connectivity index (χ1n) is 9.31. The van der Waals surface area contributed by atoms with Gasteiger partial charge in [-0.25, -0.2) is 8.42 Å². The molecule has 0 radical (unpaired) electrons. The molecule has 4 aromatic rings. The van der Waals surface area contributed by atoms with Gasteiger partial charge in [0.1, 0.15) is 5.01 Å². The molecule has 4 rings (SSSR count). The number of benzene rings is 3. The van der Waals surface area contributed by atoms with E-state index in [1.165, 1.54) is 23.5 Å². The van der Waals surface area contributed by atoms with Crippen LogP contribution in [0.1, 0.15) is 15.9 Å². The standard InChI is InChI=1S/C22H18N4O3S2/c1-15-14-17(12-13-19(15)26-31(28,29)18-10-6-3-7-11-18)20(27)23-22-25-24-21(30-22)16-8-4-2-5-9-16/h2-14,26H,1H3,(H,23,25,27). The lowest BCUT2D eigenvalue weighted by Crippen LogP contribution is -2.15. The molecule has 2 N–H and O–H groups in total. The van der Waals surface area contributed by atoms with E-state index in [0.717, 1.165) is 5.56 Å². The lowest BCUT2D eigenvalue weighted by Gasteiger charge is -2.11. The molecule has 0 fully saturated rings. The number of anilines is 2. The largest absolute Gasteiger partial charge is 0.296 e. The smallest absolute Gasteiger partial charge is 0.261 e. The third-order valence-electron chi connectivity index (χ3n) is 4.45. The molecule has 31 heavy (non-hydrogen) atoms. The molecule has 1 amide bonds. The number of rotatable bonds is 6. The highest BCUT2D eigenvalue weighted by molar-refractivity contribution is 7.92. The molecule has 7 nitrogen and oxygen atoms in total. The van der Waals surface area contributed by atoms with Gasteiger partial charge in [-0.05, 0) is 42.8 Å². The molecular formula is C22H18N4O3S2. The number of carbonyl (C=O) groups excluding carboxylic acids is 1. The van der Waals surface area contributed by atoms with E-state index in [4.69, 9.17) is 0 Å². The number of amides is 1. The number of nitrogens with one attached hydrogen (secondary N) is 2. The molecule has 0 unspecified atom stereocenters. The molecule has 9 heteroatoms. The van der Waals surface area contributed by atoms with Gasteiger partial charge in [-0.2, -0.15) is 0 Å². The Kier molecular flexibility index (Phi) is 5.79. The Morgan fingerprint density at radius 3 is 2.26 bits per heavy atom. The maximum atomic E-state index is 12.6. The minimum atomic E-state index is -3.71. The predicted molar refractivity (Wildman–Crippen MR) is 122 cm³/mol. The molecule has 0 aliphatic rings. The molecule has 1 aromatic heterocycles. The number of aromatic nitrogens is 2. The molecule has 0 aliphatic carbocycles. The highest BCUT2D eigenvalue weighted by Gasteiger charge is 2.16. The van der Waals surface area contributed by atoms with Crippen molar-refractivity contribution in [3.63, 3.8) is 0 Å². The van der Waals surface area contributed by atoms with E-state index in [1.807, 2.05) is 30.3 Å². The van der Waals surface area contributed by atoms with E-state index < -0.39 is 10.0 Å². The van der Waals surface area contributed by atoms with Gasteiger partial charge in [-0.1, -0.05) is 59.9 Å². The van der Waals surface area contributed by atoms with Gasteiger partial charge in [-0.3, -0.25) is 14.8 Å². The lowest BCUT2D eigenvalue weighted by molar-refractivity contribution is 0.102. The first kappa shape index (κ1) is 20.7. The summed E-state index contributed by atoms with van der Waals surface area (Å²) in [5.41, 5.74) is 2.33. The van der Waals surface area contributed by atoms with Gasteiger partial charge in [0, 0.05) is 11.1 Å². The SMILES string of the molecule is Cc1cc(C(=O)Nc2nnc(-c3ccccc3)s2)ccc1NS(=O)(=O)c1ccccc1. The van der Waals surface area contributed by atoms with Crippen LogP contribution in [0.25, 0.3) is 10.6 Å². The zero-order chi connectivity index (χ0) is 21.8. The maximum absolute atomic E-state index is 12.6. The highest BCUT2D eigenvalue weighted by Crippen LogP contribution is 2.27. The van der Waals surface area contributed by atoms with Crippen LogP contribution in [0.5, 0.6) is 0 Å². The summed E-state index contributed by atoms with van der Waals surface area (Å²) < 4.78 is 27.6. The topological polar surface area (TPSA) is 101 Å². The fourth-order valence-corrected chi connectivity index (χ4v) is 4.76. The van der Waals surface area contributed by atoms with Crippen LogP contribution in [-0.4, -0.2) is 24.5 Å². The minimum absolute atomic E-state index is 0.168. The van der Waals surface area contributed by atoms with Crippen LogP contribution in [0.15, 0.2) is 83.8 Å². The van der Waals surface area contributed by atoms with Crippen molar-refractivity contribution < 1.29 is 13.2 Å². The summed E-state index contributed by atoms with van der Waals surface area (Å²) in [4.78, 5) is 12.8. The fourth-order valence-electron chi connectivity index (χ4n) is 2.86. The Morgan fingerprint density at radius 2 is 1.58 bits per heavy atom. The molecule has 0 saturated carbocycles. The summed E-state index contributed by atoms with van der Waals surface area (Å²) in [6.07, 6.45) is 0. The van der Waals surface area contributed by atoms with E-state index in [9.17, 15) is 13.2 Å². The third kappa shape index (κ3) is 4.79. The average molecular weight is 451 g/mol. The molecular weight excluding hydrogens is 432 g/mol. The second-order valence-corrected chi connectivity index (χ2v) is 9.34. The summed E-state index contributed by atoms with van der Waals surface area (Å²) in [5.74, 6) is -0.351. The number of sulfonamides is 1. The van der Waals surface area contributed by atoms with E-state index in [1.54, 1.807) is 43.3 Å². The number of aryl methyl sites for hydroxylation is 1. The van der Waals surface area contributed by atoms with Crippen LogP contribution in [0.2, 0.25) is 0 Å². The normalized spacial score (nSPS) is 11.1. The van der Waals surface area contributed by atoms with Crippen molar-refractivity contribution in [1.82, 2.24) is 10.2 Å². The fraction of sp³-hybridized carbons (Fsp3) is 0.0455. The van der Waals surface area contributed by atoms with Crippen molar-refractivity contribution in [2.24, 2.45) is 0 Å². The summed E-state index contributed by atoms with van der Waals surface area (Å²) in [6, 6.07) is 22.4. The Hall–Kier alpha value is -3.56. The minimum Gasteiger partial charge on any atom is -0.296 e. The Balaban J connectivity index is 1.48. The number of nitrogens with zero attached hydrogens (tertiary/aromatic N) is 2. The second kappa shape index (κ2) is 8.66. The second-order valence-electron chi connectivity index (χ2n) is 6.68. The molecule has 0 bridgehead atoms. The third-order valence-corrected chi connectivity index (χ3v) is 6.72. The van der Waals surface area contributed by atoms with E-state index in [-0.39, 0.29) is 10.8 Å². The Labute approximate surface area is 183 Å². The van der Waals surface area contributed by atoms with E-state index in [2.05, 4.69) is 20.2 Å². The van der Waals surface area contributed by atoms with Crippen molar-refractivity contribution in [3.05, 3.63) is 90.0 Å². The van der Waals surface area contributed by atoms with Crippen LogP contribution < -0.4 is 10.0 Å². The van der Waals surface area contributed by atoms with Crippen LogP contribution in [0.3, 0.4) is 0 Å². The van der Waals surface area contributed by atoms with Gasteiger partial charge in [0.05, 0.1) is 10.6 Å². The van der Waals surface area contributed by atoms with Gasteiger partial charge in [0.15, 0.2) is 0 Å². The summed E-state index contributed by atoms with van der Waals surface area (Å²) in [5, 5.41) is 12.0. The summed E-state index contributed by atoms with van der Waals surface area (Å²) in [7, 11) is -3.71. The van der Waals surface area contributed by atoms with Crippen molar-refractivity contribution in [2.75, 3.05) is 10.0 Å². The first-order chi connectivity index (χ1) is 14.9. The van der Waals surface area contributed by atoms with Crippen molar-refractivity contribution >= 4 is 38.1 Å². The van der Waals surface area contributed by atoms with Gasteiger partial charge >= 0.3 is 0 Å². The molecule has 0 aliphatic heterocycles. The van der Waals surface area contributed by atoms with Gasteiger partial charge in [-0.15, -0.1) is 10.2 Å². The van der Waals surface area contributed by atoms with Crippen molar-refractivity contribution in [2.45, 2.75) is 11.8 Å². The van der Waals surface area contributed by atoms with Crippen molar-refractivity contribution in [1.29, 1.82) is 0 Å². The molecule has 0 spiro atoms. The molecule has 0 atom stereocenters. The summed E-state index contributed by atoms with van der Waals surface area (Å²) >= 11 is 1.28. The van der Waals surface area contributed by atoms with Gasteiger partial charge in [0.2, 0.25) is 5.13 Å². The van der Waals surface area contributed by atoms with Crippen LogP contribution in [0, 0.1) is 6.92 Å². The van der Waals surface area contributed by atoms with Gasteiger partial charge in [0.25, 0.3) is 15.9 Å². The van der Waals surface area contributed by atoms with E-state index in [0.29, 0.717) is 27.0 Å². The zero-order valence-corrected chi connectivity index (χ0v) is 18.1. The first-order valence-corrected chi connectivity index (χ1v) is 11.6. The van der Waals surface area contributed by atoms with Crippen molar-refractivity contribution in [3.8, 4) is 10.6 Å².